The number of nitrogen functional groups attached to an aromatic ring is 1. The highest BCUT2D eigenvalue weighted by atomic mass is 32.2. The number of anilines is 2. The lowest BCUT2D eigenvalue weighted by atomic mass is 10.0. The van der Waals surface area contributed by atoms with Gasteiger partial charge in [0.1, 0.15) is 0 Å². The summed E-state index contributed by atoms with van der Waals surface area (Å²) in [5.41, 5.74) is 10.6. The zero-order chi connectivity index (χ0) is 22.3. The molecule has 1 saturated heterocycles. The third-order valence-electron chi connectivity index (χ3n) is 5.91. The van der Waals surface area contributed by atoms with Crippen LogP contribution in [-0.4, -0.2) is 66.8 Å². The molecule has 0 bridgehead atoms. The first-order valence-corrected chi connectivity index (χ1v) is 12.3. The number of fused-ring (bicyclic) bond motifs is 3. The zero-order valence-electron chi connectivity index (χ0n) is 17.4. The molecule has 1 fully saturated rings. The van der Waals surface area contributed by atoms with Gasteiger partial charge in [0.25, 0.3) is 0 Å². The summed E-state index contributed by atoms with van der Waals surface area (Å²) >= 11 is 0. The van der Waals surface area contributed by atoms with Crippen molar-refractivity contribution in [3.8, 4) is 22.5 Å². The lowest BCUT2D eigenvalue weighted by Gasteiger charge is -2.26. The molecular formula is C23H23N5O3S. The molecule has 0 atom stereocenters. The Morgan fingerprint density at radius 1 is 0.969 bits per heavy atom. The normalized spacial score (nSPS) is 17.1. The van der Waals surface area contributed by atoms with Gasteiger partial charge in [-0.15, -0.1) is 0 Å². The Kier molecular flexibility index (Phi) is 5.15. The van der Waals surface area contributed by atoms with Crippen LogP contribution in [0.15, 0.2) is 48.5 Å². The zero-order valence-corrected chi connectivity index (χ0v) is 18.2. The molecule has 3 aromatic rings. The molecule has 2 heterocycles. The van der Waals surface area contributed by atoms with Gasteiger partial charge < -0.3 is 11.1 Å². The van der Waals surface area contributed by atoms with E-state index in [-0.39, 0.29) is 23.2 Å². The van der Waals surface area contributed by atoms with Gasteiger partial charge in [0.2, 0.25) is 5.95 Å². The van der Waals surface area contributed by atoms with Crippen molar-refractivity contribution in [3.05, 3.63) is 59.7 Å². The molecule has 0 saturated carbocycles. The van der Waals surface area contributed by atoms with E-state index in [2.05, 4.69) is 20.2 Å². The van der Waals surface area contributed by atoms with Gasteiger partial charge in [-0.25, -0.2) is 18.4 Å². The first kappa shape index (κ1) is 20.6. The summed E-state index contributed by atoms with van der Waals surface area (Å²) < 4.78 is 23.2. The fourth-order valence-electron chi connectivity index (χ4n) is 4.21. The molecule has 0 radical (unpaired) electrons. The van der Waals surface area contributed by atoms with Crippen molar-refractivity contribution in [1.29, 1.82) is 0 Å². The molecular weight excluding hydrogens is 426 g/mol. The number of sulfone groups is 1. The van der Waals surface area contributed by atoms with Crippen LogP contribution in [0.5, 0.6) is 0 Å². The maximum atomic E-state index is 13.2. The summed E-state index contributed by atoms with van der Waals surface area (Å²) in [6.45, 7) is 2.54. The minimum absolute atomic E-state index is 0.102. The second-order valence-corrected chi connectivity index (χ2v) is 10.3. The quantitative estimate of drug-likeness (QED) is 0.475. The lowest BCUT2D eigenvalue weighted by molar-refractivity contribution is 0.104. The third kappa shape index (κ3) is 3.85. The fourth-order valence-corrected chi connectivity index (χ4v) is 5.48. The average molecular weight is 450 g/mol. The van der Waals surface area contributed by atoms with Crippen molar-refractivity contribution in [2.75, 3.05) is 48.7 Å². The Morgan fingerprint density at radius 3 is 2.44 bits per heavy atom. The van der Waals surface area contributed by atoms with Gasteiger partial charge in [-0.1, -0.05) is 30.3 Å². The molecule has 1 aliphatic carbocycles. The molecule has 0 unspecified atom stereocenters. The van der Waals surface area contributed by atoms with Crippen LogP contribution in [0.3, 0.4) is 0 Å². The van der Waals surface area contributed by atoms with E-state index in [0.717, 1.165) is 23.4 Å². The van der Waals surface area contributed by atoms with Crippen LogP contribution < -0.4 is 11.1 Å². The molecule has 32 heavy (non-hydrogen) atoms. The molecule has 0 spiro atoms. The van der Waals surface area contributed by atoms with Crippen molar-refractivity contribution < 1.29 is 13.2 Å². The average Bonchev–Trinajstić information content (AvgIpc) is 3.06. The van der Waals surface area contributed by atoms with E-state index in [1.807, 2.05) is 42.5 Å². The maximum Gasteiger partial charge on any atom is 0.221 e. The summed E-state index contributed by atoms with van der Waals surface area (Å²) in [7, 11) is -2.88. The van der Waals surface area contributed by atoms with E-state index < -0.39 is 9.84 Å². The summed E-state index contributed by atoms with van der Waals surface area (Å²) in [5.74, 6) is 0.460. The van der Waals surface area contributed by atoms with Gasteiger partial charge >= 0.3 is 0 Å². The third-order valence-corrected chi connectivity index (χ3v) is 7.52. The van der Waals surface area contributed by atoms with Gasteiger partial charge in [0, 0.05) is 48.6 Å². The summed E-state index contributed by atoms with van der Waals surface area (Å²) in [4.78, 5) is 24.1. The minimum atomic E-state index is -2.88. The molecule has 164 valence electrons. The highest BCUT2D eigenvalue weighted by Gasteiger charge is 2.32. The largest absolute Gasteiger partial charge is 0.384 e. The maximum absolute atomic E-state index is 13.2. The molecule has 0 amide bonds. The Bertz CT molecular complexity index is 1290. The predicted molar refractivity (Wildman–Crippen MR) is 124 cm³/mol. The first-order chi connectivity index (χ1) is 15.4. The Morgan fingerprint density at radius 2 is 1.69 bits per heavy atom. The number of hydrogen-bond donors (Lipinski definition) is 2. The summed E-state index contributed by atoms with van der Waals surface area (Å²) in [6, 6.07) is 15.1. The van der Waals surface area contributed by atoms with Crippen LogP contribution in [0.1, 0.15) is 15.9 Å². The topological polar surface area (TPSA) is 118 Å². The smallest absolute Gasteiger partial charge is 0.221 e. The number of nitrogens with two attached hydrogens (primary N) is 1. The fraction of sp³-hybridized carbons (Fsp3) is 0.261. The number of nitrogens with zero attached hydrogens (tertiary/aromatic N) is 3. The van der Waals surface area contributed by atoms with Crippen LogP contribution in [0.4, 0.5) is 11.6 Å². The highest BCUT2D eigenvalue weighted by molar-refractivity contribution is 7.91. The summed E-state index contributed by atoms with van der Waals surface area (Å²) in [5, 5.41) is 3.37. The molecule has 5 rings (SSSR count). The number of carbonyl (C=O) groups excluding carboxylic acids is 1. The Hall–Kier alpha value is -3.30. The number of hydrogen-bond acceptors (Lipinski definition) is 8. The van der Waals surface area contributed by atoms with Crippen LogP contribution in [-0.2, 0) is 9.84 Å². The number of aromatic nitrogens is 2. The molecule has 8 nitrogen and oxygen atoms in total. The second kappa shape index (κ2) is 7.99. The molecule has 1 aromatic heterocycles. The standard InChI is InChI=1S/C23H23N5O3S/c24-23-26-20(15-4-2-1-3-5-15)19-21(27-23)18-14-16(6-7-17(18)22(19)29)25-8-9-28-10-12-32(30,31)13-11-28/h1-7,14,25H,8-13H2,(H2,24,26,27). The number of benzene rings is 2. The highest BCUT2D eigenvalue weighted by Crippen LogP contribution is 2.41. The van der Waals surface area contributed by atoms with Gasteiger partial charge in [-0.2, -0.15) is 0 Å². The van der Waals surface area contributed by atoms with E-state index in [1.165, 1.54) is 0 Å². The van der Waals surface area contributed by atoms with E-state index >= 15 is 0 Å². The minimum Gasteiger partial charge on any atom is -0.384 e. The van der Waals surface area contributed by atoms with Crippen LogP contribution in [0.25, 0.3) is 22.5 Å². The SMILES string of the molecule is Nc1nc(-c2ccccc2)c2c(n1)-c1cc(NCCN3CCS(=O)(=O)CC3)ccc1C2=O. The molecule has 1 aliphatic heterocycles. The van der Waals surface area contributed by atoms with E-state index in [9.17, 15) is 13.2 Å². The van der Waals surface area contributed by atoms with Crippen molar-refractivity contribution in [3.63, 3.8) is 0 Å². The molecule has 9 heteroatoms. The van der Waals surface area contributed by atoms with E-state index in [0.29, 0.717) is 42.1 Å². The van der Waals surface area contributed by atoms with Crippen molar-refractivity contribution >= 4 is 27.3 Å². The Labute approximate surface area is 186 Å². The van der Waals surface area contributed by atoms with Crippen molar-refractivity contribution in [1.82, 2.24) is 14.9 Å². The molecule has 2 aliphatic rings. The van der Waals surface area contributed by atoms with Gasteiger partial charge in [0.05, 0.1) is 28.5 Å². The van der Waals surface area contributed by atoms with Crippen LogP contribution in [0, 0.1) is 0 Å². The first-order valence-electron chi connectivity index (χ1n) is 10.5. The van der Waals surface area contributed by atoms with Crippen LogP contribution >= 0.6 is 0 Å². The molecule has 3 N–H and O–H groups in total. The van der Waals surface area contributed by atoms with Crippen molar-refractivity contribution in [2.45, 2.75) is 0 Å². The molecule has 2 aromatic carbocycles. The van der Waals surface area contributed by atoms with Crippen LogP contribution in [0.2, 0.25) is 0 Å². The predicted octanol–water partition coefficient (Wildman–Crippen LogP) is 2.08. The lowest BCUT2D eigenvalue weighted by Crippen LogP contribution is -2.42. The Balaban J connectivity index is 1.38. The van der Waals surface area contributed by atoms with Crippen molar-refractivity contribution in [2.24, 2.45) is 0 Å². The van der Waals surface area contributed by atoms with E-state index in [4.69, 9.17) is 5.73 Å². The van der Waals surface area contributed by atoms with E-state index in [1.54, 1.807) is 6.07 Å². The van der Waals surface area contributed by atoms with Gasteiger partial charge in [-0.05, 0) is 18.2 Å². The monoisotopic (exact) mass is 449 g/mol. The number of carbonyl (C=O) groups is 1. The second-order valence-electron chi connectivity index (χ2n) is 8.03. The summed E-state index contributed by atoms with van der Waals surface area (Å²) in [6.07, 6.45) is 0. The number of nitrogens with one attached hydrogen (secondary N) is 1. The van der Waals surface area contributed by atoms with Gasteiger partial charge in [0.15, 0.2) is 15.6 Å². The number of rotatable bonds is 5. The number of ketones is 1. The van der Waals surface area contributed by atoms with Gasteiger partial charge in [-0.3, -0.25) is 9.69 Å².